The van der Waals surface area contributed by atoms with E-state index in [1.165, 1.54) is 6.07 Å². The molecule has 1 unspecified atom stereocenters. The molecule has 0 spiro atoms. The number of amides is 1. The molecule has 0 saturated carbocycles. The van der Waals surface area contributed by atoms with Gasteiger partial charge < -0.3 is 4.90 Å². The van der Waals surface area contributed by atoms with E-state index < -0.39 is 0 Å². The molecule has 6 nitrogen and oxygen atoms in total. The highest BCUT2D eigenvalue weighted by Gasteiger charge is 2.31. The van der Waals surface area contributed by atoms with Crippen molar-refractivity contribution in [3.63, 3.8) is 0 Å². The minimum atomic E-state index is -0.0723. The molecule has 1 amide bonds. The number of nitrogens with zero attached hydrogens (tertiary/aromatic N) is 5. The largest absolute Gasteiger partial charge is 0.311 e. The normalized spacial score (nSPS) is 18.0. The molecule has 1 aliphatic rings. The summed E-state index contributed by atoms with van der Waals surface area (Å²) in [6.07, 6.45) is 0.326. The van der Waals surface area contributed by atoms with E-state index in [0.29, 0.717) is 29.2 Å². The van der Waals surface area contributed by atoms with Crippen molar-refractivity contribution in [3.05, 3.63) is 39.2 Å². The predicted molar refractivity (Wildman–Crippen MR) is 70.6 cm³/mol. The fraction of sp³-hybridized carbons (Fsp3) is 0.333. The number of hydrogen-bond acceptors (Lipinski definition) is 3. The summed E-state index contributed by atoms with van der Waals surface area (Å²) >= 11 is 5.83. The average Bonchev–Trinajstić information content (AvgIpc) is 2.77. The number of azide groups is 1. The lowest BCUT2D eigenvalue weighted by Crippen LogP contribution is -2.25. The van der Waals surface area contributed by atoms with Crippen LogP contribution in [-0.4, -0.2) is 19.0 Å². The van der Waals surface area contributed by atoms with Gasteiger partial charge in [0.2, 0.25) is 5.91 Å². The van der Waals surface area contributed by atoms with Gasteiger partial charge in [-0.3, -0.25) is 4.79 Å². The van der Waals surface area contributed by atoms with Gasteiger partial charge in [-0.25, -0.2) is 0 Å². The number of rotatable bonds is 3. The predicted octanol–water partition coefficient (Wildman–Crippen LogP) is 2.87. The lowest BCUT2D eigenvalue weighted by atomic mass is 10.1. The zero-order chi connectivity index (χ0) is 13.8. The van der Waals surface area contributed by atoms with E-state index in [4.69, 9.17) is 22.4 Å². The Bertz CT molecular complexity index is 603. The summed E-state index contributed by atoms with van der Waals surface area (Å²) < 4.78 is 0. The van der Waals surface area contributed by atoms with Crippen LogP contribution < -0.4 is 4.90 Å². The minimum absolute atomic E-state index is 0.00868. The molecule has 2 rings (SSSR count). The third-order valence-corrected chi connectivity index (χ3v) is 3.21. The van der Waals surface area contributed by atoms with Crippen LogP contribution in [0.2, 0.25) is 5.02 Å². The smallest absolute Gasteiger partial charge is 0.227 e. The molecule has 0 bridgehead atoms. The quantitative estimate of drug-likeness (QED) is 0.482. The van der Waals surface area contributed by atoms with Crippen LogP contribution in [0.3, 0.4) is 0 Å². The highest BCUT2D eigenvalue weighted by Crippen LogP contribution is 2.29. The number of nitriles is 1. The molecule has 1 aliphatic heterocycles. The fourth-order valence-corrected chi connectivity index (χ4v) is 2.29. The van der Waals surface area contributed by atoms with E-state index in [0.717, 1.165) is 0 Å². The second kappa shape index (κ2) is 5.61. The minimum Gasteiger partial charge on any atom is -0.311 e. The van der Waals surface area contributed by atoms with Gasteiger partial charge in [0.1, 0.15) is 6.07 Å². The third kappa shape index (κ3) is 2.79. The molecule has 1 aromatic carbocycles. The van der Waals surface area contributed by atoms with Gasteiger partial charge in [-0.05, 0) is 29.6 Å². The van der Waals surface area contributed by atoms with Crippen molar-refractivity contribution in [2.45, 2.75) is 6.42 Å². The zero-order valence-electron chi connectivity index (χ0n) is 9.95. The molecule has 0 aromatic heterocycles. The summed E-state index contributed by atoms with van der Waals surface area (Å²) in [5, 5.41) is 13.0. The average molecular weight is 276 g/mol. The second-order valence-corrected chi connectivity index (χ2v) is 4.70. The monoisotopic (exact) mass is 275 g/mol. The Labute approximate surface area is 114 Å². The highest BCUT2D eigenvalue weighted by molar-refractivity contribution is 6.30. The Morgan fingerprint density at radius 2 is 2.42 bits per heavy atom. The summed E-state index contributed by atoms with van der Waals surface area (Å²) in [5.74, 6) is -0.0809. The van der Waals surface area contributed by atoms with E-state index in [1.807, 2.05) is 6.07 Å². The van der Waals surface area contributed by atoms with Crippen LogP contribution in [0.25, 0.3) is 10.4 Å². The van der Waals surface area contributed by atoms with Crippen LogP contribution in [0.4, 0.5) is 5.69 Å². The first-order valence-electron chi connectivity index (χ1n) is 5.66. The standard InChI is InChI=1S/C12H10ClN5O/c13-10-1-2-11(9(4-10)5-14)18-7-8(3-12(18)19)6-16-17-15/h1-2,4,8H,3,6-7H2. The molecule has 7 heteroatoms. The highest BCUT2D eigenvalue weighted by atomic mass is 35.5. The molecule has 19 heavy (non-hydrogen) atoms. The Morgan fingerprint density at radius 3 is 3.11 bits per heavy atom. The van der Waals surface area contributed by atoms with Crippen molar-refractivity contribution in [2.24, 2.45) is 11.0 Å². The van der Waals surface area contributed by atoms with Crippen LogP contribution >= 0.6 is 11.6 Å². The summed E-state index contributed by atoms with van der Waals surface area (Å²) in [6.45, 7) is 0.738. The van der Waals surface area contributed by atoms with Crippen LogP contribution in [0.1, 0.15) is 12.0 Å². The summed E-state index contributed by atoms with van der Waals surface area (Å²) in [6, 6.07) is 6.87. The van der Waals surface area contributed by atoms with Crippen molar-refractivity contribution in [2.75, 3.05) is 18.0 Å². The number of benzene rings is 1. The van der Waals surface area contributed by atoms with Crippen molar-refractivity contribution >= 4 is 23.2 Å². The summed E-state index contributed by atoms with van der Waals surface area (Å²) in [7, 11) is 0. The third-order valence-electron chi connectivity index (χ3n) is 2.98. The van der Waals surface area contributed by atoms with Gasteiger partial charge in [-0.1, -0.05) is 16.7 Å². The lowest BCUT2D eigenvalue weighted by molar-refractivity contribution is -0.117. The summed E-state index contributed by atoms with van der Waals surface area (Å²) in [4.78, 5) is 16.2. The Kier molecular flexibility index (Phi) is 3.91. The first kappa shape index (κ1) is 13.2. The molecule has 96 valence electrons. The molecule has 0 N–H and O–H groups in total. The zero-order valence-corrected chi connectivity index (χ0v) is 10.7. The van der Waals surface area contributed by atoms with Gasteiger partial charge in [0.05, 0.1) is 11.3 Å². The van der Waals surface area contributed by atoms with Gasteiger partial charge in [-0.2, -0.15) is 5.26 Å². The van der Waals surface area contributed by atoms with Crippen molar-refractivity contribution in [1.82, 2.24) is 0 Å². The molecule has 1 heterocycles. The van der Waals surface area contributed by atoms with E-state index in [2.05, 4.69) is 10.0 Å². The van der Waals surface area contributed by atoms with E-state index in [-0.39, 0.29) is 18.4 Å². The van der Waals surface area contributed by atoms with E-state index in [1.54, 1.807) is 17.0 Å². The Morgan fingerprint density at radius 1 is 1.63 bits per heavy atom. The molecule has 1 atom stereocenters. The van der Waals surface area contributed by atoms with E-state index >= 15 is 0 Å². The SMILES string of the molecule is N#Cc1cc(Cl)ccc1N1CC(CN=[N+]=[N-])CC1=O. The van der Waals surface area contributed by atoms with Gasteiger partial charge in [0.15, 0.2) is 0 Å². The van der Waals surface area contributed by atoms with Gasteiger partial charge >= 0.3 is 0 Å². The van der Waals surface area contributed by atoms with Gasteiger partial charge in [-0.15, -0.1) is 0 Å². The first-order chi connectivity index (χ1) is 9.15. The lowest BCUT2D eigenvalue weighted by Gasteiger charge is -2.18. The Balaban J connectivity index is 2.26. The van der Waals surface area contributed by atoms with Gasteiger partial charge in [0, 0.05) is 29.4 Å². The van der Waals surface area contributed by atoms with E-state index in [9.17, 15) is 4.79 Å². The molecule has 1 saturated heterocycles. The Hall–Kier alpha value is -2.22. The summed E-state index contributed by atoms with van der Waals surface area (Å²) in [5.41, 5.74) is 9.21. The number of carbonyl (C=O) groups excluding carboxylic acids is 1. The van der Waals surface area contributed by atoms with Crippen LogP contribution in [0.15, 0.2) is 23.3 Å². The molecule has 0 radical (unpaired) electrons. The van der Waals surface area contributed by atoms with Gasteiger partial charge in [0.25, 0.3) is 0 Å². The van der Waals surface area contributed by atoms with Crippen LogP contribution in [-0.2, 0) is 4.79 Å². The fourth-order valence-electron chi connectivity index (χ4n) is 2.12. The molecular formula is C12H10ClN5O. The number of hydrogen-bond donors (Lipinski definition) is 0. The number of anilines is 1. The van der Waals surface area contributed by atoms with Crippen molar-refractivity contribution < 1.29 is 4.79 Å². The maximum Gasteiger partial charge on any atom is 0.227 e. The topological polar surface area (TPSA) is 92.9 Å². The molecule has 1 fully saturated rings. The van der Waals surface area contributed by atoms with Crippen molar-refractivity contribution in [1.29, 1.82) is 5.26 Å². The van der Waals surface area contributed by atoms with Crippen LogP contribution in [0.5, 0.6) is 0 Å². The first-order valence-corrected chi connectivity index (χ1v) is 6.04. The number of halogens is 1. The van der Waals surface area contributed by atoms with Crippen LogP contribution in [0, 0.1) is 17.2 Å². The van der Waals surface area contributed by atoms with Crippen molar-refractivity contribution in [3.8, 4) is 6.07 Å². The second-order valence-electron chi connectivity index (χ2n) is 4.26. The molecule has 1 aromatic rings. The molecular weight excluding hydrogens is 266 g/mol. The molecule has 0 aliphatic carbocycles. The maximum atomic E-state index is 12.0. The maximum absolute atomic E-state index is 12.0. The number of carbonyl (C=O) groups is 1.